The predicted molar refractivity (Wildman–Crippen MR) is 97.6 cm³/mol. The van der Waals surface area contributed by atoms with E-state index in [1.54, 1.807) is 12.4 Å². The SMILES string of the molecule is O=C(NCCc1ccccc1Br)c1cnc(-c2ccccc2)nc1. The molecule has 4 nitrogen and oxygen atoms in total. The molecular weight excluding hydrogens is 366 g/mol. The topological polar surface area (TPSA) is 54.9 Å². The molecule has 1 amide bonds. The molecule has 0 fully saturated rings. The van der Waals surface area contributed by atoms with Gasteiger partial charge in [-0.15, -0.1) is 0 Å². The Hall–Kier alpha value is -2.53. The van der Waals surface area contributed by atoms with Crippen LogP contribution in [0.25, 0.3) is 11.4 Å². The number of amides is 1. The van der Waals surface area contributed by atoms with Crippen molar-refractivity contribution in [3.63, 3.8) is 0 Å². The van der Waals surface area contributed by atoms with Crippen LogP contribution in [0.1, 0.15) is 15.9 Å². The molecule has 3 rings (SSSR count). The third kappa shape index (κ3) is 4.06. The fourth-order valence-electron chi connectivity index (χ4n) is 2.30. The molecule has 1 N–H and O–H groups in total. The zero-order chi connectivity index (χ0) is 16.8. The number of rotatable bonds is 5. The third-order valence-corrected chi connectivity index (χ3v) is 4.36. The molecule has 0 spiro atoms. The molecule has 0 saturated heterocycles. The van der Waals surface area contributed by atoms with Crippen molar-refractivity contribution in [2.24, 2.45) is 0 Å². The highest BCUT2D eigenvalue weighted by Gasteiger charge is 2.08. The summed E-state index contributed by atoms with van der Waals surface area (Å²) in [5.41, 5.74) is 2.55. The van der Waals surface area contributed by atoms with E-state index >= 15 is 0 Å². The Balaban J connectivity index is 1.58. The minimum atomic E-state index is -0.165. The van der Waals surface area contributed by atoms with Crippen molar-refractivity contribution in [2.45, 2.75) is 6.42 Å². The van der Waals surface area contributed by atoms with Crippen LogP contribution < -0.4 is 5.32 Å². The lowest BCUT2D eigenvalue weighted by molar-refractivity contribution is 0.0953. The zero-order valence-corrected chi connectivity index (χ0v) is 14.5. The van der Waals surface area contributed by atoms with Crippen molar-refractivity contribution in [1.82, 2.24) is 15.3 Å². The van der Waals surface area contributed by atoms with E-state index in [1.807, 2.05) is 54.6 Å². The Labute approximate surface area is 149 Å². The molecule has 5 heteroatoms. The predicted octanol–water partition coefficient (Wildman–Crippen LogP) is 3.88. The van der Waals surface area contributed by atoms with E-state index in [9.17, 15) is 4.79 Å². The lowest BCUT2D eigenvalue weighted by atomic mass is 10.1. The maximum absolute atomic E-state index is 12.2. The summed E-state index contributed by atoms with van der Waals surface area (Å²) >= 11 is 3.51. The van der Waals surface area contributed by atoms with Gasteiger partial charge in [0.25, 0.3) is 5.91 Å². The van der Waals surface area contributed by atoms with Crippen LogP contribution in [0, 0.1) is 0 Å². The summed E-state index contributed by atoms with van der Waals surface area (Å²) < 4.78 is 1.05. The van der Waals surface area contributed by atoms with Gasteiger partial charge in [0.2, 0.25) is 0 Å². The highest BCUT2D eigenvalue weighted by molar-refractivity contribution is 9.10. The molecule has 0 atom stereocenters. The number of carbonyl (C=O) groups excluding carboxylic acids is 1. The standard InChI is InChI=1S/C19H16BrN3O/c20-17-9-5-4-6-14(17)10-11-21-19(24)16-12-22-18(23-13-16)15-7-2-1-3-8-15/h1-9,12-13H,10-11H2,(H,21,24). The van der Waals surface area contributed by atoms with Gasteiger partial charge in [0.05, 0.1) is 5.56 Å². The van der Waals surface area contributed by atoms with Crippen LogP contribution in [0.2, 0.25) is 0 Å². The highest BCUT2D eigenvalue weighted by Crippen LogP contribution is 2.16. The Morgan fingerprint density at radius 2 is 1.62 bits per heavy atom. The normalized spacial score (nSPS) is 10.4. The lowest BCUT2D eigenvalue weighted by Crippen LogP contribution is -2.26. The van der Waals surface area contributed by atoms with Crippen molar-refractivity contribution in [3.05, 3.63) is 82.6 Å². The molecule has 24 heavy (non-hydrogen) atoms. The van der Waals surface area contributed by atoms with Gasteiger partial charge in [0, 0.05) is 29.0 Å². The van der Waals surface area contributed by atoms with Gasteiger partial charge in [-0.1, -0.05) is 64.5 Å². The molecule has 120 valence electrons. The van der Waals surface area contributed by atoms with E-state index in [0.29, 0.717) is 17.9 Å². The first kappa shape index (κ1) is 16.3. The van der Waals surface area contributed by atoms with Crippen molar-refractivity contribution < 1.29 is 4.79 Å². The molecule has 0 aliphatic rings. The molecule has 1 heterocycles. The summed E-state index contributed by atoms with van der Waals surface area (Å²) in [7, 11) is 0. The summed E-state index contributed by atoms with van der Waals surface area (Å²) in [6.07, 6.45) is 3.88. The van der Waals surface area contributed by atoms with Crippen LogP contribution >= 0.6 is 15.9 Å². The average Bonchev–Trinajstić information content (AvgIpc) is 2.64. The smallest absolute Gasteiger partial charge is 0.254 e. The van der Waals surface area contributed by atoms with Gasteiger partial charge >= 0.3 is 0 Å². The number of halogens is 1. The molecule has 2 aromatic carbocycles. The number of hydrogen-bond donors (Lipinski definition) is 1. The second-order valence-electron chi connectivity index (χ2n) is 5.26. The van der Waals surface area contributed by atoms with Gasteiger partial charge in [0.15, 0.2) is 5.82 Å². The number of nitrogens with one attached hydrogen (secondary N) is 1. The molecule has 0 aliphatic carbocycles. The highest BCUT2D eigenvalue weighted by atomic mass is 79.9. The molecule has 0 unspecified atom stereocenters. The van der Waals surface area contributed by atoms with Gasteiger partial charge in [-0.2, -0.15) is 0 Å². The molecular formula is C19H16BrN3O. The van der Waals surface area contributed by atoms with Gasteiger partial charge in [-0.25, -0.2) is 9.97 Å². The first-order valence-corrected chi connectivity index (χ1v) is 8.42. The number of benzene rings is 2. The molecule has 3 aromatic rings. The van der Waals surface area contributed by atoms with Gasteiger partial charge in [0.1, 0.15) is 0 Å². The minimum Gasteiger partial charge on any atom is -0.352 e. The maximum atomic E-state index is 12.2. The summed E-state index contributed by atoms with van der Waals surface area (Å²) in [4.78, 5) is 20.7. The number of carbonyl (C=O) groups is 1. The van der Waals surface area contributed by atoms with Crippen molar-refractivity contribution in [1.29, 1.82) is 0 Å². The molecule has 0 bridgehead atoms. The van der Waals surface area contributed by atoms with Crippen LogP contribution in [0.5, 0.6) is 0 Å². The fourth-order valence-corrected chi connectivity index (χ4v) is 2.78. The summed E-state index contributed by atoms with van der Waals surface area (Å²) in [6.45, 7) is 0.557. The van der Waals surface area contributed by atoms with Crippen molar-refractivity contribution >= 4 is 21.8 Å². The zero-order valence-electron chi connectivity index (χ0n) is 12.9. The molecule has 0 aliphatic heterocycles. The van der Waals surface area contributed by atoms with Crippen molar-refractivity contribution in [3.8, 4) is 11.4 Å². The van der Waals surface area contributed by atoms with Gasteiger partial charge < -0.3 is 5.32 Å². The van der Waals surface area contributed by atoms with E-state index in [2.05, 4.69) is 31.2 Å². The number of hydrogen-bond acceptors (Lipinski definition) is 3. The molecule has 1 aromatic heterocycles. The van der Waals surface area contributed by atoms with Crippen molar-refractivity contribution in [2.75, 3.05) is 6.54 Å². The fraction of sp³-hybridized carbons (Fsp3) is 0.105. The largest absolute Gasteiger partial charge is 0.352 e. The van der Waals surface area contributed by atoms with Gasteiger partial charge in [-0.3, -0.25) is 4.79 Å². The second kappa shape index (κ2) is 7.84. The number of nitrogens with zero attached hydrogens (tertiary/aromatic N) is 2. The second-order valence-corrected chi connectivity index (χ2v) is 6.11. The first-order chi connectivity index (χ1) is 11.7. The Morgan fingerprint density at radius 3 is 2.33 bits per heavy atom. The van der Waals surface area contributed by atoms with E-state index in [4.69, 9.17) is 0 Å². The van der Waals surface area contributed by atoms with Gasteiger partial charge in [-0.05, 0) is 18.1 Å². The summed E-state index contributed by atoms with van der Waals surface area (Å²) in [5, 5.41) is 2.89. The molecule has 0 saturated carbocycles. The monoisotopic (exact) mass is 381 g/mol. The van der Waals surface area contributed by atoms with Crippen LogP contribution in [0.4, 0.5) is 0 Å². The van der Waals surface area contributed by atoms with E-state index in [0.717, 1.165) is 22.0 Å². The maximum Gasteiger partial charge on any atom is 0.254 e. The summed E-state index contributed by atoms with van der Waals surface area (Å²) in [6, 6.07) is 17.7. The summed E-state index contributed by atoms with van der Waals surface area (Å²) in [5.74, 6) is 0.446. The van der Waals surface area contributed by atoms with Crippen LogP contribution in [0.15, 0.2) is 71.5 Å². The Morgan fingerprint density at radius 1 is 0.958 bits per heavy atom. The van der Waals surface area contributed by atoms with Crippen LogP contribution in [-0.2, 0) is 6.42 Å². The number of aromatic nitrogens is 2. The Kier molecular flexibility index (Phi) is 5.33. The quantitative estimate of drug-likeness (QED) is 0.729. The minimum absolute atomic E-state index is 0.165. The van der Waals surface area contributed by atoms with E-state index in [1.165, 1.54) is 0 Å². The Bertz CT molecular complexity index is 820. The van der Waals surface area contributed by atoms with Crippen LogP contribution in [-0.4, -0.2) is 22.4 Å². The van der Waals surface area contributed by atoms with E-state index < -0.39 is 0 Å². The first-order valence-electron chi connectivity index (χ1n) is 7.63. The van der Waals surface area contributed by atoms with E-state index in [-0.39, 0.29) is 5.91 Å². The molecule has 0 radical (unpaired) electrons. The lowest BCUT2D eigenvalue weighted by Gasteiger charge is -2.07. The third-order valence-electron chi connectivity index (χ3n) is 3.58. The van der Waals surface area contributed by atoms with Crippen LogP contribution in [0.3, 0.4) is 0 Å². The average molecular weight is 382 g/mol.